The van der Waals surface area contributed by atoms with Crippen molar-refractivity contribution in [3.63, 3.8) is 0 Å². The molecule has 1 saturated heterocycles. The van der Waals surface area contributed by atoms with E-state index in [9.17, 15) is 22.4 Å². The highest BCUT2D eigenvalue weighted by Gasteiger charge is 2.30. The third-order valence-corrected chi connectivity index (χ3v) is 5.69. The van der Waals surface area contributed by atoms with Crippen molar-refractivity contribution in [2.45, 2.75) is 18.8 Å². The molecular formula is C24H24F4N4O2. The Balaban J connectivity index is 1.49. The molecule has 1 atom stereocenters. The molecule has 0 unspecified atom stereocenters. The molecule has 3 aromatic rings. The second-order valence-electron chi connectivity index (χ2n) is 8.12. The van der Waals surface area contributed by atoms with Gasteiger partial charge in [-0.2, -0.15) is 18.3 Å². The third kappa shape index (κ3) is 5.56. The summed E-state index contributed by atoms with van der Waals surface area (Å²) in [6.07, 6.45) is -3.09. The summed E-state index contributed by atoms with van der Waals surface area (Å²) in [6.45, 7) is 2.08. The fourth-order valence-corrected chi connectivity index (χ4v) is 3.86. The number of aryl methyl sites for hydroxylation is 1. The number of amides is 1. The van der Waals surface area contributed by atoms with Gasteiger partial charge in [0.15, 0.2) is 0 Å². The maximum Gasteiger partial charge on any atom is 0.416 e. The van der Waals surface area contributed by atoms with Crippen molar-refractivity contribution in [3.05, 3.63) is 65.9 Å². The molecule has 180 valence electrons. The molecule has 10 heteroatoms. The molecule has 1 aromatic heterocycles. The smallest absolute Gasteiger partial charge is 0.416 e. The molecule has 2 heterocycles. The molecule has 1 aliphatic heterocycles. The van der Waals surface area contributed by atoms with Crippen LogP contribution < -0.4 is 10.1 Å². The number of aromatic nitrogens is 2. The Morgan fingerprint density at radius 3 is 2.56 bits per heavy atom. The van der Waals surface area contributed by atoms with Crippen molar-refractivity contribution < 1.29 is 27.1 Å². The molecule has 2 aromatic carbocycles. The van der Waals surface area contributed by atoms with E-state index < -0.39 is 23.8 Å². The second-order valence-corrected chi connectivity index (χ2v) is 8.12. The molecule has 1 N–H and O–H groups in total. The number of anilines is 1. The van der Waals surface area contributed by atoms with Gasteiger partial charge < -0.3 is 10.1 Å². The molecule has 1 amide bonds. The number of likely N-dealkylation sites (tertiary alicyclic amines) is 1. The zero-order chi connectivity index (χ0) is 24.3. The Labute approximate surface area is 194 Å². The number of carbonyl (C=O) groups is 1. The van der Waals surface area contributed by atoms with E-state index >= 15 is 0 Å². The standard InChI is InChI=1S/C24H24F4N4O2/c1-31-21(8-10-29-31)20-14-19(6-7-22(20)34-13-12-32-11-9-18(25)15-32)30-23(33)16-2-4-17(5-3-16)24(26,27)28/h2-8,10,14,18H,9,11-13,15H2,1H3,(H,30,33)/t18-/m0/s1. The van der Waals surface area contributed by atoms with E-state index in [0.29, 0.717) is 49.7 Å². The van der Waals surface area contributed by atoms with Crippen LogP contribution in [0.5, 0.6) is 5.75 Å². The second kappa shape index (κ2) is 9.84. The number of rotatable bonds is 7. The van der Waals surface area contributed by atoms with Crippen LogP contribution in [0.25, 0.3) is 11.3 Å². The minimum absolute atomic E-state index is 0.104. The lowest BCUT2D eigenvalue weighted by atomic mass is 10.1. The molecule has 0 aliphatic carbocycles. The molecule has 4 rings (SSSR count). The lowest BCUT2D eigenvalue weighted by Crippen LogP contribution is -2.26. The highest BCUT2D eigenvalue weighted by Crippen LogP contribution is 2.33. The van der Waals surface area contributed by atoms with E-state index in [-0.39, 0.29) is 5.56 Å². The number of ether oxygens (including phenoxy) is 1. The van der Waals surface area contributed by atoms with Gasteiger partial charge in [-0.25, -0.2) is 4.39 Å². The van der Waals surface area contributed by atoms with Crippen molar-refractivity contribution in [2.24, 2.45) is 7.05 Å². The summed E-state index contributed by atoms with van der Waals surface area (Å²) in [6, 6.07) is 10.9. The minimum Gasteiger partial charge on any atom is -0.492 e. The lowest BCUT2D eigenvalue weighted by Gasteiger charge is -2.17. The van der Waals surface area contributed by atoms with Gasteiger partial charge in [0, 0.05) is 49.7 Å². The molecule has 1 aliphatic rings. The first kappa shape index (κ1) is 23.7. The Kier molecular flexibility index (Phi) is 6.87. The number of halogens is 4. The summed E-state index contributed by atoms with van der Waals surface area (Å²) in [7, 11) is 1.78. The van der Waals surface area contributed by atoms with Gasteiger partial charge in [-0.15, -0.1) is 0 Å². The molecule has 0 spiro atoms. The number of hydrogen-bond acceptors (Lipinski definition) is 4. The summed E-state index contributed by atoms with van der Waals surface area (Å²) >= 11 is 0. The Morgan fingerprint density at radius 2 is 1.94 bits per heavy atom. The van der Waals surface area contributed by atoms with Gasteiger partial charge in [0.2, 0.25) is 0 Å². The van der Waals surface area contributed by atoms with Crippen LogP contribution in [0.3, 0.4) is 0 Å². The van der Waals surface area contributed by atoms with Crippen LogP contribution in [0.15, 0.2) is 54.7 Å². The average Bonchev–Trinajstić information content (AvgIpc) is 3.41. The maximum atomic E-state index is 13.4. The average molecular weight is 476 g/mol. The number of nitrogens with one attached hydrogen (secondary N) is 1. The molecule has 0 radical (unpaired) electrons. The van der Waals surface area contributed by atoms with Crippen LogP contribution in [-0.2, 0) is 13.2 Å². The van der Waals surface area contributed by atoms with Gasteiger partial charge in [-0.05, 0) is 55.0 Å². The first-order chi connectivity index (χ1) is 16.2. The first-order valence-corrected chi connectivity index (χ1v) is 10.8. The zero-order valence-electron chi connectivity index (χ0n) is 18.5. The van der Waals surface area contributed by atoms with Crippen LogP contribution >= 0.6 is 0 Å². The van der Waals surface area contributed by atoms with E-state index in [1.54, 1.807) is 42.2 Å². The summed E-state index contributed by atoms with van der Waals surface area (Å²) in [5.74, 6) is 0.0419. The van der Waals surface area contributed by atoms with Crippen LogP contribution in [0.1, 0.15) is 22.3 Å². The molecule has 0 bridgehead atoms. The number of carbonyl (C=O) groups excluding carboxylic acids is 1. The van der Waals surface area contributed by atoms with Crippen molar-refractivity contribution in [1.82, 2.24) is 14.7 Å². The van der Waals surface area contributed by atoms with E-state index in [2.05, 4.69) is 10.4 Å². The molecule has 6 nitrogen and oxygen atoms in total. The molecular weight excluding hydrogens is 452 g/mol. The van der Waals surface area contributed by atoms with E-state index in [1.165, 1.54) is 0 Å². The third-order valence-electron chi connectivity index (χ3n) is 5.69. The van der Waals surface area contributed by atoms with Gasteiger partial charge in [0.25, 0.3) is 5.91 Å². The Bertz CT molecular complexity index is 1140. The maximum absolute atomic E-state index is 13.4. The number of nitrogens with zero attached hydrogens (tertiary/aromatic N) is 3. The minimum atomic E-state index is -4.47. The molecule has 34 heavy (non-hydrogen) atoms. The molecule has 0 saturated carbocycles. The normalized spacial score (nSPS) is 16.6. The number of hydrogen-bond donors (Lipinski definition) is 1. The van der Waals surface area contributed by atoms with Crippen molar-refractivity contribution >= 4 is 11.6 Å². The Hall–Kier alpha value is -3.40. The Morgan fingerprint density at radius 1 is 1.18 bits per heavy atom. The van der Waals surface area contributed by atoms with Crippen molar-refractivity contribution in [1.29, 1.82) is 0 Å². The quantitative estimate of drug-likeness (QED) is 0.499. The van der Waals surface area contributed by atoms with E-state index in [4.69, 9.17) is 4.74 Å². The van der Waals surface area contributed by atoms with Crippen LogP contribution in [0.2, 0.25) is 0 Å². The van der Waals surface area contributed by atoms with Gasteiger partial charge in [0.05, 0.1) is 11.3 Å². The number of alkyl halides is 4. The van der Waals surface area contributed by atoms with Gasteiger partial charge in [-0.3, -0.25) is 14.4 Å². The fraction of sp³-hybridized carbons (Fsp3) is 0.333. The SMILES string of the molecule is Cn1nccc1-c1cc(NC(=O)c2ccc(C(F)(F)F)cc2)ccc1OCCN1CC[C@H](F)C1. The van der Waals surface area contributed by atoms with Gasteiger partial charge in [-0.1, -0.05) is 0 Å². The number of benzene rings is 2. The highest BCUT2D eigenvalue weighted by atomic mass is 19.4. The predicted molar refractivity (Wildman–Crippen MR) is 119 cm³/mol. The lowest BCUT2D eigenvalue weighted by molar-refractivity contribution is -0.137. The zero-order valence-corrected chi connectivity index (χ0v) is 18.5. The summed E-state index contributed by atoms with van der Waals surface area (Å²) < 4.78 is 59.3. The summed E-state index contributed by atoms with van der Waals surface area (Å²) in [5, 5.41) is 6.90. The monoisotopic (exact) mass is 476 g/mol. The first-order valence-electron chi connectivity index (χ1n) is 10.8. The summed E-state index contributed by atoms with van der Waals surface area (Å²) in [4.78, 5) is 14.6. The fourth-order valence-electron chi connectivity index (χ4n) is 3.86. The van der Waals surface area contributed by atoms with Gasteiger partial charge >= 0.3 is 6.18 Å². The topological polar surface area (TPSA) is 59.4 Å². The van der Waals surface area contributed by atoms with Crippen LogP contribution in [-0.4, -0.2) is 53.0 Å². The predicted octanol–water partition coefficient (Wildman–Crippen LogP) is 4.78. The van der Waals surface area contributed by atoms with Crippen LogP contribution in [0.4, 0.5) is 23.2 Å². The largest absolute Gasteiger partial charge is 0.492 e. The van der Waals surface area contributed by atoms with Crippen molar-refractivity contribution in [2.75, 3.05) is 31.6 Å². The van der Waals surface area contributed by atoms with Crippen LogP contribution in [0, 0.1) is 0 Å². The van der Waals surface area contributed by atoms with E-state index in [0.717, 1.165) is 30.0 Å². The summed E-state index contributed by atoms with van der Waals surface area (Å²) in [5.41, 5.74) is 1.18. The highest BCUT2D eigenvalue weighted by molar-refractivity contribution is 6.04. The van der Waals surface area contributed by atoms with E-state index in [1.807, 2.05) is 4.90 Å². The molecule has 1 fully saturated rings. The van der Waals surface area contributed by atoms with Crippen molar-refractivity contribution in [3.8, 4) is 17.0 Å². The van der Waals surface area contributed by atoms with Gasteiger partial charge in [0.1, 0.15) is 18.5 Å².